The van der Waals surface area contributed by atoms with E-state index in [1.807, 2.05) is 14.0 Å². The molecule has 0 aliphatic carbocycles. The summed E-state index contributed by atoms with van der Waals surface area (Å²) in [5, 5.41) is 3.06. The molecule has 2 N–H and O–H groups in total. The number of hydrogen-bond donors (Lipinski definition) is 2. The lowest BCUT2D eigenvalue weighted by Gasteiger charge is -2.08. The number of likely N-dealkylation sites (N-methyl/N-ethyl adjacent to an activating group) is 1. The Balaban J connectivity index is 2.64. The van der Waals surface area contributed by atoms with Gasteiger partial charge in [-0.2, -0.15) is 0 Å². The maximum absolute atomic E-state index is 11.0. The summed E-state index contributed by atoms with van der Waals surface area (Å²) in [5.41, 5.74) is -0.0490. The number of H-pyrrole nitrogens is 1. The summed E-state index contributed by atoms with van der Waals surface area (Å²) in [7, 11) is 1.88. The summed E-state index contributed by atoms with van der Waals surface area (Å²) in [5.74, 6) is 0. The maximum Gasteiger partial charge on any atom is 0.325 e. The zero-order valence-electron chi connectivity index (χ0n) is 6.79. The van der Waals surface area contributed by atoms with E-state index in [4.69, 9.17) is 0 Å². The van der Waals surface area contributed by atoms with Crippen molar-refractivity contribution in [2.45, 2.75) is 19.5 Å². The van der Waals surface area contributed by atoms with Crippen LogP contribution < -0.4 is 11.0 Å². The van der Waals surface area contributed by atoms with Crippen LogP contribution in [-0.4, -0.2) is 22.6 Å². The van der Waals surface area contributed by atoms with Crippen LogP contribution in [-0.2, 0) is 6.54 Å². The molecular weight excluding hydrogens is 142 g/mol. The normalized spacial score (nSPS) is 13.3. The van der Waals surface area contributed by atoms with Crippen LogP contribution in [0.3, 0.4) is 0 Å². The lowest BCUT2D eigenvalue weighted by atomic mass is 10.3. The van der Waals surface area contributed by atoms with Crippen LogP contribution in [0.25, 0.3) is 0 Å². The Kier molecular flexibility index (Phi) is 2.48. The highest BCUT2D eigenvalue weighted by Gasteiger charge is 2.00. The molecule has 11 heavy (non-hydrogen) atoms. The number of aromatic amines is 1. The van der Waals surface area contributed by atoms with Crippen LogP contribution in [0.4, 0.5) is 0 Å². The summed E-state index contributed by atoms with van der Waals surface area (Å²) >= 11 is 0. The van der Waals surface area contributed by atoms with E-state index >= 15 is 0 Å². The first-order valence-corrected chi connectivity index (χ1v) is 3.65. The second kappa shape index (κ2) is 3.39. The van der Waals surface area contributed by atoms with Crippen molar-refractivity contribution in [2.24, 2.45) is 0 Å². The Morgan fingerprint density at radius 2 is 2.55 bits per heavy atom. The molecule has 0 aliphatic heterocycles. The minimum atomic E-state index is -0.0490. The summed E-state index contributed by atoms with van der Waals surface area (Å²) in [6.45, 7) is 2.73. The van der Waals surface area contributed by atoms with Gasteiger partial charge in [0.05, 0.1) is 0 Å². The Morgan fingerprint density at radius 3 is 3.00 bits per heavy atom. The van der Waals surface area contributed by atoms with Crippen molar-refractivity contribution in [1.29, 1.82) is 0 Å². The molecule has 1 aromatic heterocycles. The van der Waals surface area contributed by atoms with Gasteiger partial charge in [0.25, 0.3) is 0 Å². The Labute approximate surface area is 65.2 Å². The molecule has 1 atom stereocenters. The monoisotopic (exact) mass is 155 g/mol. The molecule has 1 heterocycles. The molecular formula is C7H13N3O. The molecule has 0 bridgehead atoms. The van der Waals surface area contributed by atoms with Crippen molar-refractivity contribution in [1.82, 2.24) is 14.9 Å². The molecule has 0 saturated carbocycles. The number of aromatic nitrogens is 2. The highest BCUT2D eigenvalue weighted by molar-refractivity contribution is 4.77. The molecule has 62 valence electrons. The van der Waals surface area contributed by atoms with Crippen LogP contribution >= 0.6 is 0 Å². The van der Waals surface area contributed by atoms with Crippen molar-refractivity contribution in [3.63, 3.8) is 0 Å². The van der Waals surface area contributed by atoms with Crippen molar-refractivity contribution in [3.05, 3.63) is 22.9 Å². The fraction of sp³-hybridized carbons (Fsp3) is 0.571. The van der Waals surface area contributed by atoms with Gasteiger partial charge < -0.3 is 10.3 Å². The van der Waals surface area contributed by atoms with E-state index in [1.54, 1.807) is 17.0 Å². The highest BCUT2D eigenvalue weighted by atomic mass is 16.1. The second-order valence-corrected chi connectivity index (χ2v) is 2.61. The van der Waals surface area contributed by atoms with Crippen molar-refractivity contribution >= 4 is 0 Å². The molecule has 0 aliphatic rings. The smallest absolute Gasteiger partial charge is 0.315 e. The fourth-order valence-electron chi connectivity index (χ4n) is 0.879. The van der Waals surface area contributed by atoms with Gasteiger partial charge in [-0.3, -0.25) is 4.57 Å². The Bertz CT molecular complexity index is 263. The highest BCUT2D eigenvalue weighted by Crippen LogP contribution is 1.85. The number of nitrogens with one attached hydrogen (secondary N) is 2. The van der Waals surface area contributed by atoms with Gasteiger partial charge in [0.15, 0.2) is 0 Å². The van der Waals surface area contributed by atoms with Gasteiger partial charge in [0.2, 0.25) is 0 Å². The van der Waals surface area contributed by atoms with Crippen molar-refractivity contribution < 1.29 is 0 Å². The van der Waals surface area contributed by atoms with Gasteiger partial charge in [-0.15, -0.1) is 0 Å². The quantitative estimate of drug-likeness (QED) is 0.634. The zero-order chi connectivity index (χ0) is 8.27. The molecule has 0 aromatic carbocycles. The Morgan fingerprint density at radius 1 is 1.82 bits per heavy atom. The van der Waals surface area contributed by atoms with E-state index in [0.29, 0.717) is 12.6 Å². The van der Waals surface area contributed by atoms with E-state index in [0.717, 1.165) is 0 Å². The van der Waals surface area contributed by atoms with Gasteiger partial charge in [0, 0.05) is 25.0 Å². The maximum atomic E-state index is 11.0. The largest absolute Gasteiger partial charge is 0.325 e. The topological polar surface area (TPSA) is 49.8 Å². The zero-order valence-corrected chi connectivity index (χ0v) is 6.79. The van der Waals surface area contributed by atoms with Crippen molar-refractivity contribution in [2.75, 3.05) is 7.05 Å². The van der Waals surface area contributed by atoms with Gasteiger partial charge >= 0.3 is 5.69 Å². The lowest BCUT2D eigenvalue weighted by molar-refractivity contribution is 0.506. The minimum absolute atomic E-state index is 0.0490. The molecule has 4 heteroatoms. The molecule has 4 nitrogen and oxygen atoms in total. The van der Waals surface area contributed by atoms with Crippen LogP contribution in [0.2, 0.25) is 0 Å². The first kappa shape index (κ1) is 8.07. The number of hydrogen-bond acceptors (Lipinski definition) is 2. The van der Waals surface area contributed by atoms with Crippen LogP contribution in [0, 0.1) is 0 Å². The molecule has 1 aromatic rings. The second-order valence-electron chi connectivity index (χ2n) is 2.61. The standard InChI is InChI=1S/C7H13N3O/c1-6(8-2)5-10-4-3-9-7(10)11/h3-4,6,8H,5H2,1-2H3,(H,9,11). The predicted molar refractivity (Wildman–Crippen MR) is 43.6 cm³/mol. The summed E-state index contributed by atoms with van der Waals surface area (Å²) < 4.78 is 1.64. The lowest BCUT2D eigenvalue weighted by Crippen LogP contribution is -2.30. The average molecular weight is 155 g/mol. The summed E-state index contributed by atoms with van der Waals surface area (Å²) in [6.07, 6.45) is 3.39. The third-order valence-corrected chi connectivity index (χ3v) is 1.69. The van der Waals surface area contributed by atoms with Gasteiger partial charge in [0.1, 0.15) is 0 Å². The molecule has 0 radical (unpaired) electrons. The van der Waals surface area contributed by atoms with Crippen LogP contribution in [0.1, 0.15) is 6.92 Å². The third-order valence-electron chi connectivity index (χ3n) is 1.69. The number of imidazole rings is 1. The molecule has 1 unspecified atom stereocenters. The fourth-order valence-corrected chi connectivity index (χ4v) is 0.879. The molecule has 0 fully saturated rings. The third kappa shape index (κ3) is 1.94. The van der Waals surface area contributed by atoms with Crippen LogP contribution in [0.5, 0.6) is 0 Å². The van der Waals surface area contributed by atoms with E-state index in [1.165, 1.54) is 0 Å². The molecule has 0 spiro atoms. The summed E-state index contributed by atoms with van der Waals surface area (Å²) in [6, 6.07) is 0.323. The first-order chi connectivity index (χ1) is 5.24. The van der Waals surface area contributed by atoms with Gasteiger partial charge in [-0.25, -0.2) is 4.79 Å². The van der Waals surface area contributed by atoms with E-state index in [9.17, 15) is 4.79 Å². The van der Waals surface area contributed by atoms with Crippen molar-refractivity contribution in [3.8, 4) is 0 Å². The molecule has 0 amide bonds. The predicted octanol–water partition coefficient (Wildman–Crippen LogP) is -0.216. The summed E-state index contributed by atoms with van der Waals surface area (Å²) in [4.78, 5) is 13.5. The first-order valence-electron chi connectivity index (χ1n) is 3.65. The van der Waals surface area contributed by atoms with E-state index in [-0.39, 0.29) is 5.69 Å². The Hall–Kier alpha value is -1.03. The van der Waals surface area contributed by atoms with E-state index < -0.39 is 0 Å². The number of rotatable bonds is 3. The average Bonchev–Trinajstić information content (AvgIpc) is 2.37. The van der Waals surface area contributed by atoms with E-state index in [2.05, 4.69) is 10.3 Å². The van der Waals surface area contributed by atoms with Crippen LogP contribution in [0.15, 0.2) is 17.2 Å². The van der Waals surface area contributed by atoms with Gasteiger partial charge in [-0.05, 0) is 14.0 Å². The minimum Gasteiger partial charge on any atom is -0.315 e. The van der Waals surface area contributed by atoms with Gasteiger partial charge in [-0.1, -0.05) is 0 Å². The number of nitrogens with zero attached hydrogens (tertiary/aromatic N) is 1. The molecule has 0 saturated heterocycles. The SMILES string of the molecule is CNC(C)Cn1cc[nH]c1=O. The molecule has 1 rings (SSSR count).